The second-order valence-corrected chi connectivity index (χ2v) is 4.66. The summed E-state index contributed by atoms with van der Waals surface area (Å²) in [6.45, 7) is 0. The van der Waals surface area contributed by atoms with Crippen molar-refractivity contribution in [2.75, 3.05) is 7.05 Å². The predicted molar refractivity (Wildman–Crippen MR) is 54.3 cm³/mol. The summed E-state index contributed by atoms with van der Waals surface area (Å²) in [6, 6.07) is 0.368. The normalized spacial score (nSPS) is 30.2. The second kappa shape index (κ2) is 3.83. The molecule has 2 saturated carbocycles. The molecule has 0 heterocycles. The van der Waals surface area contributed by atoms with E-state index in [-0.39, 0.29) is 11.8 Å². The third kappa shape index (κ3) is 1.73. The van der Waals surface area contributed by atoms with Gasteiger partial charge in [0.25, 0.3) is 0 Å². The minimum atomic E-state index is -0.818. The van der Waals surface area contributed by atoms with Gasteiger partial charge in [-0.15, -0.1) is 0 Å². The van der Waals surface area contributed by atoms with Crippen LogP contribution in [0.4, 0.5) is 0 Å². The zero-order chi connectivity index (χ0) is 11.0. The number of hydrogen-bond acceptors (Lipinski definition) is 2. The lowest BCUT2D eigenvalue weighted by Crippen LogP contribution is -2.49. The topological polar surface area (TPSA) is 57.6 Å². The van der Waals surface area contributed by atoms with Crippen molar-refractivity contribution in [1.29, 1.82) is 0 Å². The molecule has 0 aliphatic heterocycles. The van der Waals surface area contributed by atoms with Crippen LogP contribution in [0.3, 0.4) is 0 Å². The fourth-order valence-corrected chi connectivity index (χ4v) is 2.31. The Balaban J connectivity index is 1.92. The van der Waals surface area contributed by atoms with Crippen molar-refractivity contribution in [3.05, 3.63) is 0 Å². The number of rotatable bonds is 3. The Morgan fingerprint density at radius 1 is 1.13 bits per heavy atom. The highest BCUT2D eigenvalue weighted by Crippen LogP contribution is 2.37. The Morgan fingerprint density at radius 2 is 1.73 bits per heavy atom. The minimum Gasteiger partial charge on any atom is -0.481 e. The molecule has 2 fully saturated rings. The van der Waals surface area contributed by atoms with Gasteiger partial charge in [0.05, 0.1) is 11.8 Å². The molecule has 0 bridgehead atoms. The van der Waals surface area contributed by atoms with Gasteiger partial charge in [-0.3, -0.25) is 9.59 Å². The summed E-state index contributed by atoms with van der Waals surface area (Å²) in [5.74, 6) is -1.46. The molecule has 4 heteroatoms. The number of hydrogen-bond donors (Lipinski definition) is 1. The van der Waals surface area contributed by atoms with E-state index in [9.17, 15) is 9.59 Å². The zero-order valence-electron chi connectivity index (χ0n) is 8.98. The van der Waals surface area contributed by atoms with E-state index in [0.29, 0.717) is 12.5 Å². The van der Waals surface area contributed by atoms with Gasteiger partial charge in [0.1, 0.15) is 0 Å². The van der Waals surface area contributed by atoms with Crippen LogP contribution in [0.5, 0.6) is 0 Å². The highest BCUT2D eigenvalue weighted by Gasteiger charge is 2.43. The molecule has 0 aromatic carbocycles. The second-order valence-electron chi connectivity index (χ2n) is 4.66. The number of aliphatic carboxylic acids is 1. The van der Waals surface area contributed by atoms with Gasteiger partial charge >= 0.3 is 5.97 Å². The largest absolute Gasteiger partial charge is 0.481 e. The number of amides is 1. The van der Waals surface area contributed by atoms with E-state index in [2.05, 4.69) is 0 Å². The Kier molecular flexibility index (Phi) is 2.67. The molecule has 2 unspecified atom stereocenters. The molecule has 0 saturated heterocycles. The summed E-state index contributed by atoms with van der Waals surface area (Å²) in [7, 11) is 1.81. The lowest BCUT2D eigenvalue weighted by molar-refractivity contribution is -0.157. The third-order valence-electron chi connectivity index (χ3n) is 3.88. The van der Waals surface area contributed by atoms with Crippen LogP contribution in [0.25, 0.3) is 0 Å². The van der Waals surface area contributed by atoms with Crippen molar-refractivity contribution in [1.82, 2.24) is 4.90 Å². The van der Waals surface area contributed by atoms with E-state index in [1.54, 1.807) is 4.90 Å². The van der Waals surface area contributed by atoms with Crippen molar-refractivity contribution in [2.45, 2.75) is 38.1 Å². The summed E-state index contributed by atoms with van der Waals surface area (Å²) < 4.78 is 0. The molecule has 2 atom stereocenters. The smallest absolute Gasteiger partial charge is 0.307 e. The van der Waals surface area contributed by atoms with Gasteiger partial charge in [0.15, 0.2) is 0 Å². The van der Waals surface area contributed by atoms with Crippen molar-refractivity contribution in [3.63, 3.8) is 0 Å². The highest BCUT2D eigenvalue weighted by molar-refractivity contribution is 5.86. The van der Waals surface area contributed by atoms with Gasteiger partial charge in [-0.25, -0.2) is 0 Å². The van der Waals surface area contributed by atoms with Crippen LogP contribution in [0, 0.1) is 11.8 Å². The zero-order valence-corrected chi connectivity index (χ0v) is 8.98. The van der Waals surface area contributed by atoms with Gasteiger partial charge in [0.2, 0.25) is 5.91 Å². The first-order chi connectivity index (χ1) is 7.11. The lowest BCUT2D eigenvalue weighted by atomic mass is 9.72. The van der Waals surface area contributed by atoms with E-state index in [4.69, 9.17) is 5.11 Å². The quantitative estimate of drug-likeness (QED) is 0.760. The molecule has 0 aromatic heterocycles. The Morgan fingerprint density at radius 3 is 2.07 bits per heavy atom. The van der Waals surface area contributed by atoms with Crippen molar-refractivity contribution in [2.24, 2.45) is 11.8 Å². The number of carboxylic acid groups (broad SMARTS) is 1. The molecular weight excluding hydrogens is 194 g/mol. The van der Waals surface area contributed by atoms with Gasteiger partial charge in [-0.1, -0.05) is 0 Å². The molecule has 4 nitrogen and oxygen atoms in total. The third-order valence-corrected chi connectivity index (χ3v) is 3.88. The van der Waals surface area contributed by atoms with E-state index < -0.39 is 11.9 Å². The molecule has 1 N–H and O–H groups in total. The first kappa shape index (κ1) is 10.5. The summed E-state index contributed by atoms with van der Waals surface area (Å²) >= 11 is 0. The summed E-state index contributed by atoms with van der Waals surface area (Å²) in [5.41, 5.74) is 0. The minimum absolute atomic E-state index is 0.0401. The van der Waals surface area contributed by atoms with E-state index in [0.717, 1.165) is 19.3 Å². The van der Waals surface area contributed by atoms with Crippen molar-refractivity contribution < 1.29 is 14.7 Å². The Labute approximate surface area is 89.3 Å². The van der Waals surface area contributed by atoms with E-state index in [1.165, 1.54) is 6.42 Å². The monoisotopic (exact) mass is 211 g/mol. The molecule has 84 valence electrons. The first-order valence-corrected chi connectivity index (χ1v) is 5.60. The molecular formula is C11H17NO3. The summed E-state index contributed by atoms with van der Waals surface area (Å²) in [6.07, 6.45) is 4.74. The van der Waals surface area contributed by atoms with Crippen LogP contribution >= 0.6 is 0 Å². The van der Waals surface area contributed by atoms with Crippen LogP contribution in [0.2, 0.25) is 0 Å². The SMILES string of the molecule is CN(C(=O)C1CCC1C(=O)O)C1CCC1. The maximum absolute atomic E-state index is 11.9. The predicted octanol–water partition coefficient (Wildman–Crippen LogP) is 1.11. The fourth-order valence-electron chi connectivity index (χ4n) is 2.31. The molecule has 0 radical (unpaired) electrons. The van der Waals surface area contributed by atoms with Gasteiger partial charge in [-0.05, 0) is 32.1 Å². The maximum atomic E-state index is 11.9. The summed E-state index contributed by atoms with van der Waals surface area (Å²) in [4.78, 5) is 24.5. The Hall–Kier alpha value is -1.06. The van der Waals surface area contributed by atoms with Crippen LogP contribution in [0.1, 0.15) is 32.1 Å². The van der Waals surface area contributed by atoms with Crippen molar-refractivity contribution in [3.8, 4) is 0 Å². The Bertz CT molecular complexity index is 286. The number of carbonyl (C=O) groups is 2. The van der Waals surface area contributed by atoms with E-state index in [1.807, 2.05) is 7.05 Å². The molecule has 2 aliphatic rings. The number of carboxylic acids is 1. The standard InChI is InChI=1S/C11H17NO3/c1-12(7-3-2-4-7)10(13)8-5-6-9(8)11(14)15/h7-9H,2-6H2,1H3,(H,14,15). The fraction of sp³-hybridized carbons (Fsp3) is 0.818. The van der Waals surface area contributed by atoms with Crippen LogP contribution in [-0.2, 0) is 9.59 Å². The highest BCUT2D eigenvalue weighted by atomic mass is 16.4. The van der Waals surface area contributed by atoms with Crippen LogP contribution in [0.15, 0.2) is 0 Å². The summed E-state index contributed by atoms with van der Waals surface area (Å²) in [5, 5.41) is 8.87. The lowest BCUT2D eigenvalue weighted by Gasteiger charge is -2.40. The van der Waals surface area contributed by atoms with Gasteiger partial charge in [-0.2, -0.15) is 0 Å². The molecule has 15 heavy (non-hydrogen) atoms. The molecule has 0 aromatic rings. The number of carbonyl (C=O) groups excluding carboxylic acids is 1. The van der Waals surface area contributed by atoms with Crippen molar-refractivity contribution >= 4 is 11.9 Å². The van der Waals surface area contributed by atoms with Crippen LogP contribution in [-0.4, -0.2) is 35.0 Å². The molecule has 1 amide bonds. The maximum Gasteiger partial charge on any atom is 0.307 e. The first-order valence-electron chi connectivity index (χ1n) is 5.60. The van der Waals surface area contributed by atoms with Gasteiger partial charge in [0, 0.05) is 13.1 Å². The van der Waals surface area contributed by atoms with Gasteiger partial charge < -0.3 is 10.0 Å². The molecule has 2 rings (SSSR count). The van der Waals surface area contributed by atoms with Crippen LogP contribution < -0.4 is 0 Å². The average Bonchev–Trinajstić information content (AvgIpc) is 1.96. The molecule has 2 aliphatic carbocycles. The molecule has 0 spiro atoms. The average molecular weight is 211 g/mol. The van der Waals surface area contributed by atoms with E-state index >= 15 is 0 Å². The number of nitrogens with zero attached hydrogens (tertiary/aromatic N) is 1.